The lowest BCUT2D eigenvalue weighted by Gasteiger charge is -2.24. The fraction of sp³-hybridized carbons (Fsp3) is 0.762. The lowest BCUT2D eigenvalue weighted by molar-refractivity contribution is -0.133. The van der Waals surface area contributed by atoms with E-state index in [4.69, 9.17) is 0 Å². The van der Waals surface area contributed by atoms with Crippen molar-refractivity contribution in [3.05, 3.63) is 0 Å². The van der Waals surface area contributed by atoms with Gasteiger partial charge in [0, 0.05) is 34.0 Å². The number of carbonyl (C=O) groups excluding carboxylic acids is 5. The summed E-state index contributed by atoms with van der Waals surface area (Å²) < 4.78 is 24.9. The summed E-state index contributed by atoms with van der Waals surface area (Å²) in [5.41, 5.74) is 0. The minimum atomic E-state index is -3.77. The molecule has 0 aromatic heterocycles. The quantitative estimate of drug-likeness (QED) is 0.269. The molecule has 0 saturated heterocycles. The third kappa shape index (κ3) is 12.1. The Morgan fingerprint density at radius 1 is 0.853 bits per heavy atom. The van der Waals surface area contributed by atoms with E-state index in [9.17, 15) is 32.4 Å². The van der Waals surface area contributed by atoms with Gasteiger partial charge in [0.2, 0.25) is 33.7 Å². The second-order valence-electron chi connectivity index (χ2n) is 8.94. The van der Waals surface area contributed by atoms with Gasteiger partial charge in [-0.3, -0.25) is 24.0 Å². The monoisotopic (exact) mass is 505 g/mol. The molecule has 0 aliphatic rings. The van der Waals surface area contributed by atoms with Gasteiger partial charge in [-0.05, 0) is 26.2 Å². The van der Waals surface area contributed by atoms with Crippen molar-refractivity contribution in [3.8, 4) is 0 Å². The maximum Gasteiger partial charge on any atom is 0.243 e. The molecule has 0 radical (unpaired) electrons. The van der Waals surface area contributed by atoms with Crippen LogP contribution in [0.3, 0.4) is 0 Å². The number of hydrogen-bond donors (Lipinski definition) is 3. The van der Waals surface area contributed by atoms with Crippen LogP contribution in [0.4, 0.5) is 0 Å². The summed E-state index contributed by atoms with van der Waals surface area (Å²) in [5, 5.41) is 7.53. The molecule has 4 amide bonds. The predicted octanol–water partition coefficient (Wildman–Crippen LogP) is -1.14. The molecule has 0 heterocycles. The summed E-state index contributed by atoms with van der Waals surface area (Å²) in [4.78, 5) is 62.0. The van der Waals surface area contributed by atoms with Crippen molar-refractivity contribution in [3.63, 3.8) is 0 Å². The molecule has 12 nitrogen and oxygen atoms in total. The molecular weight excluding hydrogens is 466 g/mol. The van der Waals surface area contributed by atoms with Crippen LogP contribution in [0.5, 0.6) is 0 Å². The first-order chi connectivity index (χ1) is 15.4. The van der Waals surface area contributed by atoms with Crippen LogP contribution >= 0.6 is 0 Å². The normalized spacial score (nSPS) is 14.2. The van der Waals surface area contributed by atoms with Gasteiger partial charge >= 0.3 is 0 Å². The molecular formula is C21H39N5O7S. The van der Waals surface area contributed by atoms with Crippen LogP contribution in [-0.4, -0.2) is 98.6 Å². The number of sulfonamides is 1. The smallest absolute Gasteiger partial charge is 0.243 e. The SMILES string of the molecule is CC(=O)N[C@@H](CC(C)C)C(=O)N[C@@H](C)C(=O)N[C@@H](C)C(=O)CN(CCC(=O)N(C)C)S(C)(=O)=O. The zero-order valence-electron chi connectivity index (χ0n) is 21.3. The minimum Gasteiger partial charge on any atom is -0.349 e. The van der Waals surface area contributed by atoms with Gasteiger partial charge in [-0.15, -0.1) is 0 Å². The Balaban J connectivity index is 5.04. The Labute approximate surface area is 202 Å². The molecule has 34 heavy (non-hydrogen) atoms. The molecule has 13 heteroatoms. The average Bonchev–Trinajstić information content (AvgIpc) is 2.67. The van der Waals surface area contributed by atoms with Gasteiger partial charge in [-0.25, -0.2) is 8.42 Å². The van der Waals surface area contributed by atoms with Crippen LogP contribution in [0.2, 0.25) is 0 Å². The zero-order chi connectivity index (χ0) is 26.8. The number of ketones is 1. The Bertz CT molecular complexity index is 858. The number of hydrogen-bond acceptors (Lipinski definition) is 7. The Morgan fingerprint density at radius 3 is 1.82 bits per heavy atom. The summed E-state index contributed by atoms with van der Waals surface area (Å²) in [5.74, 6) is -2.30. The Kier molecular flexibility index (Phi) is 13.0. The highest BCUT2D eigenvalue weighted by atomic mass is 32.2. The van der Waals surface area contributed by atoms with Crippen molar-refractivity contribution in [1.29, 1.82) is 0 Å². The van der Waals surface area contributed by atoms with E-state index >= 15 is 0 Å². The van der Waals surface area contributed by atoms with Gasteiger partial charge in [0.05, 0.1) is 18.8 Å². The lowest BCUT2D eigenvalue weighted by Crippen LogP contribution is -2.55. The third-order valence-electron chi connectivity index (χ3n) is 4.87. The molecule has 0 bridgehead atoms. The predicted molar refractivity (Wildman–Crippen MR) is 127 cm³/mol. The second kappa shape index (κ2) is 14.0. The van der Waals surface area contributed by atoms with E-state index in [1.54, 1.807) is 0 Å². The van der Waals surface area contributed by atoms with Crippen molar-refractivity contribution < 1.29 is 32.4 Å². The van der Waals surface area contributed by atoms with Gasteiger partial charge in [-0.1, -0.05) is 13.8 Å². The van der Waals surface area contributed by atoms with E-state index in [2.05, 4.69) is 16.0 Å². The van der Waals surface area contributed by atoms with Gasteiger partial charge in [0.1, 0.15) is 12.1 Å². The summed E-state index contributed by atoms with van der Waals surface area (Å²) >= 11 is 0. The maximum absolute atomic E-state index is 12.6. The zero-order valence-corrected chi connectivity index (χ0v) is 22.1. The van der Waals surface area contributed by atoms with Crippen LogP contribution in [0.15, 0.2) is 0 Å². The van der Waals surface area contributed by atoms with Crippen LogP contribution in [0.25, 0.3) is 0 Å². The van der Waals surface area contributed by atoms with Crippen LogP contribution < -0.4 is 16.0 Å². The highest BCUT2D eigenvalue weighted by Crippen LogP contribution is 2.06. The van der Waals surface area contributed by atoms with E-state index < -0.39 is 52.3 Å². The average molecular weight is 506 g/mol. The van der Waals surface area contributed by atoms with Crippen LogP contribution in [-0.2, 0) is 34.0 Å². The minimum absolute atomic E-state index is 0.0942. The van der Waals surface area contributed by atoms with E-state index in [0.29, 0.717) is 6.42 Å². The number of Topliss-reactive ketones (excluding diaryl/α,β-unsaturated/α-hetero) is 1. The molecule has 0 aliphatic carbocycles. The van der Waals surface area contributed by atoms with Crippen molar-refractivity contribution in [2.75, 3.05) is 33.4 Å². The molecule has 3 atom stereocenters. The van der Waals surface area contributed by atoms with Crippen molar-refractivity contribution in [2.24, 2.45) is 5.92 Å². The highest BCUT2D eigenvalue weighted by Gasteiger charge is 2.28. The molecule has 196 valence electrons. The fourth-order valence-electron chi connectivity index (χ4n) is 2.86. The first kappa shape index (κ1) is 31.5. The summed E-state index contributed by atoms with van der Waals surface area (Å²) in [6.45, 7) is 7.22. The number of amides is 4. The molecule has 0 unspecified atom stereocenters. The molecule has 0 aromatic rings. The number of nitrogens with zero attached hydrogens (tertiary/aromatic N) is 2. The van der Waals surface area contributed by atoms with Crippen LogP contribution in [0, 0.1) is 5.92 Å². The molecule has 3 N–H and O–H groups in total. The van der Waals surface area contributed by atoms with Crippen molar-refractivity contribution in [2.45, 2.75) is 65.6 Å². The van der Waals surface area contributed by atoms with Crippen molar-refractivity contribution in [1.82, 2.24) is 25.2 Å². The largest absolute Gasteiger partial charge is 0.349 e. The third-order valence-corrected chi connectivity index (χ3v) is 6.12. The number of rotatable bonds is 14. The first-order valence-electron chi connectivity index (χ1n) is 11.0. The highest BCUT2D eigenvalue weighted by molar-refractivity contribution is 7.88. The van der Waals surface area contributed by atoms with Gasteiger partial charge < -0.3 is 20.9 Å². The lowest BCUT2D eigenvalue weighted by atomic mass is 10.0. The summed E-state index contributed by atoms with van der Waals surface area (Å²) in [6, 6.07) is -2.85. The second-order valence-corrected chi connectivity index (χ2v) is 10.9. The summed E-state index contributed by atoms with van der Waals surface area (Å²) in [7, 11) is -0.690. The van der Waals surface area contributed by atoms with E-state index in [-0.39, 0.29) is 30.7 Å². The molecule has 0 rings (SSSR count). The standard InChI is InChI=1S/C21H39N5O7S/c1-13(2)11-17(24-16(5)27)21(31)23-15(4)20(30)22-14(3)18(28)12-26(34(8,32)33)10-9-19(29)25(6)7/h13-15,17H,9-12H2,1-8H3,(H,22,30)(H,23,31)(H,24,27)/t14-,15-,17-/m0/s1. The summed E-state index contributed by atoms with van der Waals surface area (Å²) in [6.07, 6.45) is 1.22. The first-order valence-corrected chi connectivity index (χ1v) is 12.9. The molecule has 0 aromatic carbocycles. The topological polar surface area (TPSA) is 162 Å². The maximum atomic E-state index is 12.6. The molecule has 0 saturated carbocycles. The Morgan fingerprint density at radius 2 is 1.38 bits per heavy atom. The molecule has 0 aliphatic heterocycles. The van der Waals surface area contributed by atoms with Gasteiger partial charge in [0.15, 0.2) is 5.78 Å². The number of nitrogens with one attached hydrogen (secondary N) is 3. The fourth-order valence-corrected chi connectivity index (χ4v) is 3.65. The molecule has 0 spiro atoms. The van der Waals surface area contributed by atoms with E-state index in [0.717, 1.165) is 10.6 Å². The molecule has 0 fully saturated rings. The van der Waals surface area contributed by atoms with Crippen molar-refractivity contribution >= 4 is 39.4 Å². The van der Waals surface area contributed by atoms with E-state index in [1.165, 1.54) is 39.8 Å². The number of carbonyl (C=O) groups is 5. The van der Waals surface area contributed by atoms with Crippen LogP contribution in [0.1, 0.15) is 47.5 Å². The van der Waals surface area contributed by atoms with Gasteiger partial charge in [-0.2, -0.15) is 4.31 Å². The van der Waals surface area contributed by atoms with E-state index in [1.807, 2.05) is 13.8 Å². The Hall–Kier alpha value is -2.54. The van der Waals surface area contributed by atoms with Gasteiger partial charge in [0.25, 0.3) is 0 Å².